The first-order valence-corrected chi connectivity index (χ1v) is 4.59. The molecule has 0 bridgehead atoms. The molecular weight excluding hydrogens is 150 g/mol. The summed E-state index contributed by atoms with van der Waals surface area (Å²) >= 11 is 0. The summed E-state index contributed by atoms with van der Waals surface area (Å²) in [6.07, 6.45) is 6.88. The molecule has 68 valence electrons. The second-order valence-electron chi connectivity index (χ2n) is 3.34. The van der Waals surface area contributed by atoms with Crippen LogP contribution in [0.2, 0.25) is 0 Å². The molecule has 0 spiro atoms. The molecule has 2 nitrogen and oxygen atoms in total. The molecule has 0 amide bonds. The minimum Gasteiger partial charge on any atom is -0.378 e. The molecule has 1 heterocycles. The first-order chi connectivity index (χ1) is 5.77. The van der Waals surface area contributed by atoms with Crippen LogP contribution in [0.4, 0.5) is 0 Å². The minimum atomic E-state index is 0.194. The van der Waals surface area contributed by atoms with Crippen molar-refractivity contribution in [3.63, 3.8) is 0 Å². The van der Waals surface area contributed by atoms with Crippen molar-refractivity contribution in [2.24, 2.45) is 5.92 Å². The molecule has 3 unspecified atom stereocenters. The lowest BCUT2D eigenvalue weighted by atomic mass is 9.97. The van der Waals surface area contributed by atoms with Gasteiger partial charge in [-0.3, -0.25) is 0 Å². The lowest BCUT2D eigenvalue weighted by Crippen LogP contribution is -2.35. The Morgan fingerprint density at radius 2 is 2.50 bits per heavy atom. The number of terminal acetylenes is 1. The number of ether oxygens (including phenoxy) is 1. The Balaban J connectivity index is 2.40. The van der Waals surface area contributed by atoms with Crippen molar-refractivity contribution in [3.05, 3.63) is 0 Å². The van der Waals surface area contributed by atoms with Crippen LogP contribution in [0.3, 0.4) is 0 Å². The highest BCUT2D eigenvalue weighted by molar-refractivity contribution is 5.03. The van der Waals surface area contributed by atoms with E-state index in [0.717, 1.165) is 19.6 Å². The van der Waals surface area contributed by atoms with Crippen LogP contribution in [0.5, 0.6) is 0 Å². The first-order valence-electron chi connectivity index (χ1n) is 4.59. The molecule has 1 saturated heterocycles. The summed E-state index contributed by atoms with van der Waals surface area (Å²) in [6, 6.07) is 0.194. The van der Waals surface area contributed by atoms with Gasteiger partial charge in [0.15, 0.2) is 0 Å². The van der Waals surface area contributed by atoms with Gasteiger partial charge in [-0.15, -0.1) is 6.42 Å². The highest BCUT2D eigenvalue weighted by Crippen LogP contribution is 2.21. The molecule has 1 aliphatic heterocycles. The summed E-state index contributed by atoms with van der Waals surface area (Å²) < 4.78 is 5.46. The smallest absolute Gasteiger partial charge is 0.0738 e. The van der Waals surface area contributed by atoms with Crippen molar-refractivity contribution in [1.82, 2.24) is 5.32 Å². The van der Waals surface area contributed by atoms with E-state index in [1.54, 1.807) is 0 Å². The van der Waals surface area contributed by atoms with Crippen LogP contribution >= 0.6 is 0 Å². The predicted molar refractivity (Wildman–Crippen MR) is 49.8 cm³/mol. The maximum atomic E-state index is 5.46. The third-order valence-electron chi connectivity index (χ3n) is 2.30. The third-order valence-corrected chi connectivity index (χ3v) is 2.30. The standard InChI is InChI=1S/C10H17NO/c1-4-10(11-5-2)9-6-8(3)12-7-9/h1,8-11H,5-7H2,2-3H3. The van der Waals surface area contributed by atoms with Crippen LogP contribution in [0.25, 0.3) is 0 Å². The van der Waals surface area contributed by atoms with Crippen molar-refractivity contribution in [2.75, 3.05) is 13.2 Å². The zero-order chi connectivity index (χ0) is 8.97. The Kier molecular flexibility index (Phi) is 3.58. The number of hydrogen-bond acceptors (Lipinski definition) is 2. The average Bonchev–Trinajstić information content (AvgIpc) is 2.47. The average molecular weight is 167 g/mol. The molecule has 3 atom stereocenters. The van der Waals surface area contributed by atoms with Crippen molar-refractivity contribution in [1.29, 1.82) is 0 Å². The zero-order valence-electron chi connectivity index (χ0n) is 7.84. The second-order valence-corrected chi connectivity index (χ2v) is 3.34. The van der Waals surface area contributed by atoms with Gasteiger partial charge in [-0.25, -0.2) is 0 Å². The van der Waals surface area contributed by atoms with Crippen LogP contribution in [-0.4, -0.2) is 25.3 Å². The number of nitrogens with one attached hydrogen (secondary N) is 1. The lowest BCUT2D eigenvalue weighted by Gasteiger charge is -2.16. The van der Waals surface area contributed by atoms with E-state index >= 15 is 0 Å². The quantitative estimate of drug-likeness (QED) is 0.634. The summed E-state index contributed by atoms with van der Waals surface area (Å²) in [5, 5.41) is 3.28. The molecule has 12 heavy (non-hydrogen) atoms. The summed E-state index contributed by atoms with van der Waals surface area (Å²) in [5.41, 5.74) is 0. The molecule has 1 rings (SSSR count). The second kappa shape index (κ2) is 4.49. The van der Waals surface area contributed by atoms with Crippen LogP contribution in [0.1, 0.15) is 20.3 Å². The van der Waals surface area contributed by atoms with Gasteiger partial charge in [0, 0.05) is 5.92 Å². The fraction of sp³-hybridized carbons (Fsp3) is 0.800. The Hall–Kier alpha value is -0.520. The van der Waals surface area contributed by atoms with Crippen LogP contribution in [-0.2, 0) is 4.74 Å². The summed E-state index contributed by atoms with van der Waals surface area (Å²) in [5.74, 6) is 3.28. The van der Waals surface area contributed by atoms with E-state index in [-0.39, 0.29) is 6.04 Å². The molecule has 1 fully saturated rings. The maximum Gasteiger partial charge on any atom is 0.0738 e. The zero-order valence-corrected chi connectivity index (χ0v) is 7.84. The topological polar surface area (TPSA) is 21.3 Å². The van der Waals surface area contributed by atoms with E-state index < -0.39 is 0 Å². The van der Waals surface area contributed by atoms with Gasteiger partial charge >= 0.3 is 0 Å². The Morgan fingerprint density at radius 1 is 1.75 bits per heavy atom. The highest BCUT2D eigenvalue weighted by Gasteiger charge is 2.27. The molecule has 1 N–H and O–H groups in total. The van der Waals surface area contributed by atoms with E-state index in [9.17, 15) is 0 Å². The van der Waals surface area contributed by atoms with Crippen molar-refractivity contribution < 1.29 is 4.74 Å². The van der Waals surface area contributed by atoms with Crippen molar-refractivity contribution in [3.8, 4) is 12.3 Å². The normalized spacial score (nSPS) is 31.4. The largest absolute Gasteiger partial charge is 0.378 e. The molecule has 0 saturated carbocycles. The maximum absolute atomic E-state index is 5.46. The van der Waals surface area contributed by atoms with E-state index in [0.29, 0.717) is 12.0 Å². The van der Waals surface area contributed by atoms with Gasteiger partial charge < -0.3 is 10.1 Å². The molecule has 0 aromatic heterocycles. The van der Waals surface area contributed by atoms with E-state index in [1.165, 1.54) is 0 Å². The molecule has 2 heteroatoms. The van der Waals surface area contributed by atoms with Crippen molar-refractivity contribution >= 4 is 0 Å². The van der Waals surface area contributed by atoms with Gasteiger partial charge in [-0.1, -0.05) is 12.8 Å². The van der Waals surface area contributed by atoms with Crippen LogP contribution in [0, 0.1) is 18.3 Å². The number of hydrogen-bond donors (Lipinski definition) is 1. The molecule has 0 aliphatic carbocycles. The molecule has 0 aromatic carbocycles. The van der Waals surface area contributed by atoms with Gasteiger partial charge in [0.05, 0.1) is 18.8 Å². The van der Waals surface area contributed by atoms with Gasteiger partial charge in [-0.2, -0.15) is 0 Å². The van der Waals surface area contributed by atoms with Gasteiger partial charge in [-0.05, 0) is 19.9 Å². The Bertz CT molecular complexity index is 173. The fourth-order valence-corrected chi connectivity index (χ4v) is 1.66. The third kappa shape index (κ3) is 2.23. The number of rotatable bonds is 3. The van der Waals surface area contributed by atoms with Crippen molar-refractivity contribution in [2.45, 2.75) is 32.4 Å². The predicted octanol–water partition coefficient (Wildman–Crippen LogP) is 1.02. The van der Waals surface area contributed by atoms with Gasteiger partial charge in [0.1, 0.15) is 0 Å². The molecule has 1 aliphatic rings. The first kappa shape index (κ1) is 9.57. The summed E-state index contributed by atoms with van der Waals surface area (Å²) in [6.45, 7) is 5.91. The van der Waals surface area contributed by atoms with E-state index in [4.69, 9.17) is 11.2 Å². The monoisotopic (exact) mass is 167 g/mol. The van der Waals surface area contributed by atoms with Crippen LogP contribution < -0.4 is 5.32 Å². The SMILES string of the molecule is C#CC(NCC)C1COC(C)C1. The lowest BCUT2D eigenvalue weighted by molar-refractivity contribution is 0.118. The van der Waals surface area contributed by atoms with E-state index in [1.807, 2.05) is 0 Å². The summed E-state index contributed by atoms with van der Waals surface area (Å²) in [7, 11) is 0. The highest BCUT2D eigenvalue weighted by atomic mass is 16.5. The summed E-state index contributed by atoms with van der Waals surface area (Å²) in [4.78, 5) is 0. The Morgan fingerprint density at radius 3 is 2.92 bits per heavy atom. The van der Waals surface area contributed by atoms with Gasteiger partial charge in [0.25, 0.3) is 0 Å². The Labute approximate surface area is 74.7 Å². The fourth-order valence-electron chi connectivity index (χ4n) is 1.66. The van der Waals surface area contributed by atoms with Crippen LogP contribution in [0.15, 0.2) is 0 Å². The van der Waals surface area contributed by atoms with Gasteiger partial charge in [0.2, 0.25) is 0 Å². The molecule has 0 radical (unpaired) electrons. The van der Waals surface area contributed by atoms with E-state index in [2.05, 4.69) is 25.1 Å². The minimum absolute atomic E-state index is 0.194. The molecular formula is C10H17NO. The molecule has 0 aromatic rings.